The molecule has 0 aromatic rings. The standard InChI is InChI=1S/C4H5NS2/c1-2-5-4-7-6-3-1/h1-3H,4H2. The fourth-order valence-corrected chi connectivity index (χ4v) is 1.49. The molecule has 7 heavy (non-hydrogen) atoms. The van der Waals surface area contributed by atoms with Crippen LogP contribution in [-0.4, -0.2) is 12.1 Å². The predicted molar refractivity (Wildman–Crippen MR) is 37.7 cm³/mol. The molecule has 0 bridgehead atoms. The van der Waals surface area contributed by atoms with Crippen molar-refractivity contribution in [2.75, 3.05) is 5.88 Å². The molecular formula is C4H5NS2. The lowest BCUT2D eigenvalue weighted by molar-refractivity contribution is 1.41. The predicted octanol–water partition coefficient (Wildman–Crippen LogP) is 1.92. The molecule has 1 aliphatic heterocycles. The third-order valence-electron chi connectivity index (χ3n) is 0.521. The number of hydrogen-bond acceptors (Lipinski definition) is 3. The van der Waals surface area contributed by atoms with Gasteiger partial charge in [0.25, 0.3) is 0 Å². The van der Waals surface area contributed by atoms with Crippen LogP contribution in [0.15, 0.2) is 16.5 Å². The Morgan fingerprint density at radius 1 is 1.57 bits per heavy atom. The molecule has 1 rings (SSSR count). The van der Waals surface area contributed by atoms with Crippen LogP contribution in [0.4, 0.5) is 0 Å². The quantitative estimate of drug-likeness (QED) is 0.466. The van der Waals surface area contributed by atoms with Gasteiger partial charge in [0.1, 0.15) is 0 Å². The van der Waals surface area contributed by atoms with Gasteiger partial charge in [-0.2, -0.15) is 0 Å². The molecule has 0 aromatic carbocycles. The third-order valence-corrected chi connectivity index (χ3v) is 2.24. The van der Waals surface area contributed by atoms with Crippen LogP contribution in [0.1, 0.15) is 0 Å². The highest BCUT2D eigenvalue weighted by atomic mass is 33.1. The van der Waals surface area contributed by atoms with Crippen LogP contribution >= 0.6 is 21.6 Å². The fourth-order valence-electron chi connectivity index (χ4n) is 0.271. The summed E-state index contributed by atoms with van der Waals surface area (Å²) in [6.07, 6.45) is 3.78. The van der Waals surface area contributed by atoms with E-state index >= 15 is 0 Å². The second kappa shape index (κ2) is 3.16. The second-order valence-electron chi connectivity index (χ2n) is 1.00. The second-order valence-corrected chi connectivity index (χ2v) is 3.25. The van der Waals surface area contributed by atoms with E-state index in [1.54, 1.807) is 21.6 Å². The molecule has 1 aliphatic rings. The SMILES string of the molecule is C1=CSSCN=C1. The molecule has 0 radical (unpaired) electrons. The molecule has 1 nitrogen and oxygen atoms in total. The summed E-state index contributed by atoms with van der Waals surface area (Å²) in [7, 11) is 3.47. The first-order valence-corrected chi connectivity index (χ1v) is 4.31. The van der Waals surface area contributed by atoms with Gasteiger partial charge in [0.15, 0.2) is 0 Å². The van der Waals surface area contributed by atoms with Crippen molar-refractivity contribution in [3.63, 3.8) is 0 Å². The van der Waals surface area contributed by atoms with Gasteiger partial charge in [-0.3, -0.25) is 4.99 Å². The normalized spacial score (nSPS) is 19.4. The zero-order chi connectivity index (χ0) is 4.95. The largest absolute Gasteiger partial charge is 0.281 e. The summed E-state index contributed by atoms with van der Waals surface area (Å²) in [5.74, 6) is 0.887. The first kappa shape index (κ1) is 5.25. The summed E-state index contributed by atoms with van der Waals surface area (Å²) < 4.78 is 0. The Labute approximate surface area is 50.7 Å². The van der Waals surface area contributed by atoms with Gasteiger partial charge in [-0.15, -0.1) is 0 Å². The van der Waals surface area contributed by atoms with E-state index in [0.29, 0.717) is 0 Å². The highest BCUT2D eigenvalue weighted by Gasteiger charge is 1.82. The van der Waals surface area contributed by atoms with Gasteiger partial charge in [-0.05, 0) is 11.5 Å². The average Bonchev–Trinajstić information content (AvgIpc) is 1.90. The van der Waals surface area contributed by atoms with Gasteiger partial charge in [-0.1, -0.05) is 21.6 Å². The molecule has 0 aromatic heterocycles. The molecule has 3 heteroatoms. The maximum absolute atomic E-state index is 4.00. The number of hydrogen-bond donors (Lipinski definition) is 0. The summed E-state index contributed by atoms with van der Waals surface area (Å²) in [5, 5.41) is 2.03. The minimum atomic E-state index is 0.887. The van der Waals surface area contributed by atoms with Gasteiger partial charge in [-0.25, -0.2) is 0 Å². The summed E-state index contributed by atoms with van der Waals surface area (Å²) >= 11 is 0. The summed E-state index contributed by atoms with van der Waals surface area (Å²) in [4.78, 5) is 4.00. The molecule has 0 spiro atoms. The molecule has 0 amide bonds. The Bertz CT molecular complexity index is 85.9. The van der Waals surface area contributed by atoms with Crippen molar-refractivity contribution >= 4 is 27.8 Å². The summed E-state index contributed by atoms with van der Waals surface area (Å²) in [6, 6.07) is 0. The van der Waals surface area contributed by atoms with Crippen molar-refractivity contribution in [3.8, 4) is 0 Å². The van der Waals surface area contributed by atoms with Crippen molar-refractivity contribution in [1.29, 1.82) is 0 Å². The third kappa shape index (κ3) is 2.04. The number of allylic oxidation sites excluding steroid dienone is 1. The van der Waals surface area contributed by atoms with Gasteiger partial charge in [0, 0.05) is 6.21 Å². The Morgan fingerprint density at radius 2 is 2.57 bits per heavy atom. The van der Waals surface area contributed by atoms with E-state index in [9.17, 15) is 0 Å². The van der Waals surface area contributed by atoms with Gasteiger partial charge < -0.3 is 0 Å². The topological polar surface area (TPSA) is 12.4 Å². The van der Waals surface area contributed by atoms with Crippen LogP contribution in [0.25, 0.3) is 0 Å². The van der Waals surface area contributed by atoms with E-state index in [1.807, 2.05) is 17.7 Å². The van der Waals surface area contributed by atoms with Crippen molar-refractivity contribution in [2.24, 2.45) is 4.99 Å². The lowest BCUT2D eigenvalue weighted by Crippen LogP contribution is -1.62. The van der Waals surface area contributed by atoms with E-state index < -0.39 is 0 Å². The molecule has 0 N–H and O–H groups in total. The monoisotopic (exact) mass is 131 g/mol. The molecule has 0 unspecified atom stereocenters. The van der Waals surface area contributed by atoms with Crippen molar-refractivity contribution in [1.82, 2.24) is 0 Å². The summed E-state index contributed by atoms with van der Waals surface area (Å²) in [6.45, 7) is 0. The van der Waals surface area contributed by atoms with Crippen LogP contribution in [0, 0.1) is 0 Å². The van der Waals surface area contributed by atoms with Crippen LogP contribution in [0.2, 0.25) is 0 Å². The van der Waals surface area contributed by atoms with Gasteiger partial charge in [0.2, 0.25) is 0 Å². The van der Waals surface area contributed by atoms with Gasteiger partial charge >= 0.3 is 0 Å². The van der Waals surface area contributed by atoms with E-state index in [-0.39, 0.29) is 0 Å². The maximum Gasteiger partial charge on any atom is 0.0949 e. The highest BCUT2D eigenvalue weighted by molar-refractivity contribution is 8.77. The van der Waals surface area contributed by atoms with Crippen LogP contribution < -0.4 is 0 Å². The number of rotatable bonds is 0. The molecule has 0 saturated heterocycles. The molecule has 0 aliphatic carbocycles. The van der Waals surface area contributed by atoms with E-state index in [1.165, 1.54) is 0 Å². The number of aliphatic imine (C=N–C) groups is 1. The smallest absolute Gasteiger partial charge is 0.0949 e. The zero-order valence-corrected chi connectivity index (χ0v) is 5.34. The molecule has 1 heterocycles. The molecule has 0 saturated carbocycles. The minimum Gasteiger partial charge on any atom is -0.281 e. The van der Waals surface area contributed by atoms with Crippen LogP contribution in [0.3, 0.4) is 0 Å². The molecule has 38 valence electrons. The number of nitrogens with zero attached hydrogens (tertiary/aromatic N) is 1. The minimum absolute atomic E-state index is 0.887. The first-order chi connectivity index (χ1) is 3.50. The van der Waals surface area contributed by atoms with E-state index in [4.69, 9.17) is 0 Å². The van der Waals surface area contributed by atoms with Crippen molar-refractivity contribution < 1.29 is 0 Å². The maximum atomic E-state index is 4.00. The van der Waals surface area contributed by atoms with Gasteiger partial charge in [0.05, 0.1) is 5.88 Å². The highest BCUT2D eigenvalue weighted by Crippen LogP contribution is 2.22. The molecule has 0 fully saturated rings. The van der Waals surface area contributed by atoms with E-state index in [0.717, 1.165) is 5.88 Å². The molecule has 0 atom stereocenters. The zero-order valence-electron chi connectivity index (χ0n) is 3.70. The fraction of sp³-hybridized carbons (Fsp3) is 0.250. The Morgan fingerprint density at radius 3 is 3.57 bits per heavy atom. The lowest BCUT2D eigenvalue weighted by Gasteiger charge is -1.81. The van der Waals surface area contributed by atoms with Crippen molar-refractivity contribution in [2.45, 2.75) is 0 Å². The Hall–Kier alpha value is 0.110. The first-order valence-electron chi connectivity index (χ1n) is 1.93. The lowest BCUT2D eigenvalue weighted by atomic mass is 10.7. The van der Waals surface area contributed by atoms with Crippen LogP contribution in [0.5, 0.6) is 0 Å². The Kier molecular flexibility index (Phi) is 2.37. The van der Waals surface area contributed by atoms with E-state index in [2.05, 4.69) is 4.99 Å². The van der Waals surface area contributed by atoms with Crippen LogP contribution in [-0.2, 0) is 0 Å². The average molecular weight is 131 g/mol. The Balaban J connectivity index is 2.39. The summed E-state index contributed by atoms with van der Waals surface area (Å²) in [5.41, 5.74) is 0. The van der Waals surface area contributed by atoms with Crippen molar-refractivity contribution in [3.05, 3.63) is 11.5 Å². The molecular weight excluding hydrogens is 126 g/mol.